The topological polar surface area (TPSA) is 34.2 Å². The van der Waals surface area contributed by atoms with Gasteiger partial charge in [0.15, 0.2) is 0 Å². The minimum atomic E-state index is 0.133. The smallest absolute Gasteiger partial charge is 0.107 e. The normalized spacial score (nSPS) is 25.4. The second-order valence-corrected chi connectivity index (χ2v) is 7.04. The van der Waals surface area contributed by atoms with Gasteiger partial charge in [0, 0.05) is 29.5 Å². The van der Waals surface area contributed by atoms with Crippen LogP contribution in [0.15, 0.2) is 5.38 Å². The Bertz CT molecular complexity index is 375. The number of hydrogen-bond donors (Lipinski definition) is 1. The molecule has 1 aliphatic rings. The first-order chi connectivity index (χ1) is 7.89. The summed E-state index contributed by atoms with van der Waals surface area (Å²) in [5, 5.41) is 6.90. The highest BCUT2D eigenvalue weighted by molar-refractivity contribution is 7.09. The fraction of sp³-hybridized carbons (Fsp3) is 0.769. The SMILES string of the molecule is CC1(NCc2nc(C(C)(C)C)cs2)CCOC1. The lowest BCUT2D eigenvalue weighted by Crippen LogP contribution is -2.42. The molecule has 0 spiro atoms. The largest absolute Gasteiger partial charge is 0.379 e. The van der Waals surface area contributed by atoms with Crippen molar-refractivity contribution in [1.82, 2.24) is 10.3 Å². The van der Waals surface area contributed by atoms with Crippen molar-refractivity contribution in [3.8, 4) is 0 Å². The van der Waals surface area contributed by atoms with Crippen molar-refractivity contribution in [3.05, 3.63) is 16.1 Å². The van der Waals surface area contributed by atoms with Gasteiger partial charge in [-0.2, -0.15) is 0 Å². The summed E-state index contributed by atoms with van der Waals surface area (Å²) in [7, 11) is 0. The molecule has 3 nitrogen and oxygen atoms in total. The lowest BCUT2D eigenvalue weighted by Gasteiger charge is -2.22. The molecule has 1 aromatic rings. The van der Waals surface area contributed by atoms with Crippen LogP contribution in [-0.4, -0.2) is 23.7 Å². The van der Waals surface area contributed by atoms with E-state index in [4.69, 9.17) is 4.74 Å². The maximum atomic E-state index is 5.43. The second kappa shape index (κ2) is 4.67. The van der Waals surface area contributed by atoms with E-state index >= 15 is 0 Å². The van der Waals surface area contributed by atoms with Gasteiger partial charge in [0.2, 0.25) is 0 Å². The summed E-state index contributed by atoms with van der Waals surface area (Å²) in [6.45, 7) is 11.3. The van der Waals surface area contributed by atoms with Gasteiger partial charge in [-0.3, -0.25) is 0 Å². The van der Waals surface area contributed by atoms with E-state index in [0.717, 1.165) is 26.2 Å². The Morgan fingerprint density at radius 3 is 2.82 bits per heavy atom. The predicted molar refractivity (Wildman–Crippen MR) is 71.5 cm³/mol. The van der Waals surface area contributed by atoms with Crippen LogP contribution in [0.4, 0.5) is 0 Å². The third-order valence-electron chi connectivity index (χ3n) is 3.21. The standard InChI is InChI=1S/C13H22N2OS/c1-12(2,3)10-8-17-11(15-10)7-14-13(4)5-6-16-9-13/h8,14H,5-7,9H2,1-4H3. The average molecular weight is 254 g/mol. The molecule has 96 valence electrons. The van der Waals surface area contributed by atoms with Crippen LogP contribution >= 0.6 is 11.3 Å². The van der Waals surface area contributed by atoms with E-state index in [9.17, 15) is 0 Å². The minimum absolute atomic E-state index is 0.133. The minimum Gasteiger partial charge on any atom is -0.379 e. The van der Waals surface area contributed by atoms with Crippen LogP contribution in [0.25, 0.3) is 0 Å². The van der Waals surface area contributed by atoms with Crippen LogP contribution in [0.2, 0.25) is 0 Å². The van der Waals surface area contributed by atoms with Crippen LogP contribution in [0.1, 0.15) is 44.8 Å². The molecule has 17 heavy (non-hydrogen) atoms. The monoisotopic (exact) mass is 254 g/mol. The van der Waals surface area contributed by atoms with Gasteiger partial charge in [0.1, 0.15) is 5.01 Å². The number of nitrogens with one attached hydrogen (secondary N) is 1. The number of nitrogens with zero attached hydrogens (tertiary/aromatic N) is 1. The third-order valence-corrected chi connectivity index (χ3v) is 4.05. The van der Waals surface area contributed by atoms with Gasteiger partial charge >= 0.3 is 0 Å². The first-order valence-corrected chi connectivity index (χ1v) is 7.05. The van der Waals surface area contributed by atoms with E-state index in [2.05, 4.69) is 43.4 Å². The maximum absolute atomic E-state index is 5.43. The molecule has 2 rings (SSSR count). The molecule has 0 aliphatic carbocycles. The summed E-state index contributed by atoms with van der Waals surface area (Å²) >= 11 is 1.74. The van der Waals surface area contributed by atoms with E-state index in [-0.39, 0.29) is 11.0 Å². The summed E-state index contributed by atoms with van der Waals surface area (Å²) in [6, 6.07) is 0. The molecule has 2 heterocycles. The van der Waals surface area contributed by atoms with Crippen LogP contribution in [0, 0.1) is 0 Å². The number of hydrogen-bond acceptors (Lipinski definition) is 4. The molecule has 1 atom stereocenters. The highest BCUT2D eigenvalue weighted by Gasteiger charge is 2.29. The molecule has 0 bridgehead atoms. The third kappa shape index (κ3) is 3.27. The number of rotatable bonds is 3. The van der Waals surface area contributed by atoms with E-state index in [0.29, 0.717) is 0 Å². The van der Waals surface area contributed by atoms with Crippen LogP contribution in [-0.2, 0) is 16.7 Å². The van der Waals surface area contributed by atoms with Crippen LogP contribution < -0.4 is 5.32 Å². The number of thiazole rings is 1. The molecule has 1 N–H and O–H groups in total. The van der Waals surface area contributed by atoms with Gasteiger partial charge in [0.25, 0.3) is 0 Å². The van der Waals surface area contributed by atoms with Crippen molar-refractivity contribution < 1.29 is 4.74 Å². The summed E-state index contributed by atoms with van der Waals surface area (Å²) in [5.74, 6) is 0. The zero-order valence-electron chi connectivity index (χ0n) is 11.2. The van der Waals surface area contributed by atoms with Gasteiger partial charge in [-0.15, -0.1) is 11.3 Å². The quantitative estimate of drug-likeness (QED) is 0.900. The lowest BCUT2D eigenvalue weighted by atomic mass is 9.93. The second-order valence-electron chi connectivity index (χ2n) is 6.09. The predicted octanol–water partition coefficient (Wildman–Crippen LogP) is 2.71. The molecule has 0 aromatic carbocycles. The molecule has 0 amide bonds. The van der Waals surface area contributed by atoms with Crippen molar-refractivity contribution in [2.45, 2.75) is 51.6 Å². The molecule has 0 radical (unpaired) electrons. The fourth-order valence-electron chi connectivity index (χ4n) is 1.83. The van der Waals surface area contributed by atoms with Crippen molar-refractivity contribution >= 4 is 11.3 Å². The molecule has 1 aromatic heterocycles. The summed E-state index contributed by atoms with van der Waals surface area (Å²) < 4.78 is 5.43. The fourth-order valence-corrected chi connectivity index (χ4v) is 2.79. The van der Waals surface area contributed by atoms with Gasteiger partial charge in [-0.1, -0.05) is 20.8 Å². The van der Waals surface area contributed by atoms with Crippen molar-refractivity contribution in [2.24, 2.45) is 0 Å². The zero-order valence-corrected chi connectivity index (χ0v) is 12.0. The Labute approximate surface area is 108 Å². The Morgan fingerprint density at radius 1 is 1.53 bits per heavy atom. The van der Waals surface area contributed by atoms with E-state index in [1.165, 1.54) is 10.7 Å². The highest BCUT2D eigenvalue weighted by atomic mass is 32.1. The Kier molecular flexibility index (Phi) is 3.57. The van der Waals surface area contributed by atoms with E-state index < -0.39 is 0 Å². The average Bonchev–Trinajstić information content (AvgIpc) is 2.83. The Hall–Kier alpha value is -0.450. The van der Waals surface area contributed by atoms with Gasteiger partial charge < -0.3 is 10.1 Å². The zero-order chi connectivity index (χ0) is 12.5. The van der Waals surface area contributed by atoms with Gasteiger partial charge in [-0.25, -0.2) is 4.98 Å². The number of aromatic nitrogens is 1. The summed E-state index contributed by atoms with van der Waals surface area (Å²) in [5.41, 5.74) is 1.47. The maximum Gasteiger partial charge on any atom is 0.107 e. The van der Waals surface area contributed by atoms with Gasteiger partial charge in [0.05, 0.1) is 12.3 Å². The molecular formula is C13H22N2OS. The van der Waals surface area contributed by atoms with Crippen LogP contribution in [0.5, 0.6) is 0 Å². The molecule has 4 heteroatoms. The van der Waals surface area contributed by atoms with Gasteiger partial charge in [-0.05, 0) is 13.3 Å². The lowest BCUT2D eigenvalue weighted by molar-refractivity contribution is 0.171. The van der Waals surface area contributed by atoms with Crippen LogP contribution in [0.3, 0.4) is 0 Å². The molecule has 1 fully saturated rings. The highest BCUT2D eigenvalue weighted by Crippen LogP contribution is 2.24. The first kappa shape index (κ1) is 13.0. The van der Waals surface area contributed by atoms with Crippen molar-refractivity contribution in [3.63, 3.8) is 0 Å². The van der Waals surface area contributed by atoms with Crippen molar-refractivity contribution in [2.75, 3.05) is 13.2 Å². The van der Waals surface area contributed by atoms with Crippen molar-refractivity contribution in [1.29, 1.82) is 0 Å². The summed E-state index contributed by atoms with van der Waals surface area (Å²) in [4.78, 5) is 4.69. The molecule has 1 saturated heterocycles. The summed E-state index contributed by atoms with van der Waals surface area (Å²) in [6.07, 6.45) is 1.09. The van der Waals surface area contributed by atoms with E-state index in [1.54, 1.807) is 11.3 Å². The first-order valence-electron chi connectivity index (χ1n) is 6.17. The Morgan fingerprint density at radius 2 is 2.29 bits per heavy atom. The molecule has 1 aliphatic heterocycles. The Balaban J connectivity index is 1.93. The molecule has 0 saturated carbocycles. The molecular weight excluding hydrogens is 232 g/mol. The molecule has 1 unspecified atom stereocenters. The van der Waals surface area contributed by atoms with E-state index in [1.807, 2.05) is 0 Å². The number of ether oxygens (including phenoxy) is 1.